The molecule has 150 valence electrons. The SMILES string of the molecule is CN=CC=C(N)Cn1ccc(-c2cc(-c3cnc(OC)nc3OC)nnc2C)c1. The van der Waals surface area contributed by atoms with Crippen LogP contribution < -0.4 is 15.2 Å². The van der Waals surface area contributed by atoms with Gasteiger partial charge in [0.15, 0.2) is 0 Å². The summed E-state index contributed by atoms with van der Waals surface area (Å²) in [5, 5.41) is 8.59. The molecule has 0 radical (unpaired) electrons. The molecule has 0 spiro atoms. The molecule has 0 aliphatic heterocycles. The predicted octanol–water partition coefficient (Wildman–Crippen LogP) is 2.27. The zero-order valence-electron chi connectivity index (χ0n) is 16.8. The Balaban J connectivity index is 1.95. The number of nitrogens with two attached hydrogens (primary N) is 1. The summed E-state index contributed by atoms with van der Waals surface area (Å²) in [7, 11) is 4.74. The molecule has 0 amide bonds. The zero-order valence-corrected chi connectivity index (χ0v) is 16.8. The highest BCUT2D eigenvalue weighted by atomic mass is 16.5. The fourth-order valence-electron chi connectivity index (χ4n) is 2.79. The van der Waals surface area contributed by atoms with Gasteiger partial charge in [-0.05, 0) is 25.1 Å². The molecule has 0 aromatic carbocycles. The first-order valence-corrected chi connectivity index (χ1v) is 8.88. The Labute approximate surface area is 169 Å². The van der Waals surface area contributed by atoms with Crippen molar-refractivity contribution in [3.63, 3.8) is 0 Å². The number of ether oxygens (including phenoxy) is 2. The minimum Gasteiger partial charge on any atom is -0.480 e. The van der Waals surface area contributed by atoms with Gasteiger partial charge in [-0.2, -0.15) is 10.1 Å². The van der Waals surface area contributed by atoms with E-state index in [2.05, 4.69) is 25.2 Å². The Morgan fingerprint density at radius 3 is 2.79 bits per heavy atom. The molecule has 3 aromatic rings. The Kier molecular flexibility index (Phi) is 6.18. The number of methoxy groups -OCH3 is 2. The molecule has 0 unspecified atom stereocenters. The van der Waals surface area contributed by atoms with Gasteiger partial charge >= 0.3 is 6.01 Å². The van der Waals surface area contributed by atoms with Gasteiger partial charge in [0, 0.05) is 48.7 Å². The van der Waals surface area contributed by atoms with E-state index < -0.39 is 0 Å². The second-order valence-electron chi connectivity index (χ2n) is 6.23. The van der Waals surface area contributed by atoms with Crippen LogP contribution in [0.5, 0.6) is 11.9 Å². The first-order valence-electron chi connectivity index (χ1n) is 8.88. The topological polar surface area (TPSA) is 113 Å². The van der Waals surface area contributed by atoms with Gasteiger partial charge in [-0.25, -0.2) is 4.98 Å². The average Bonchev–Trinajstić information content (AvgIpc) is 3.20. The summed E-state index contributed by atoms with van der Waals surface area (Å²) < 4.78 is 12.4. The predicted molar refractivity (Wildman–Crippen MR) is 111 cm³/mol. The summed E-state index contributed by atoms with van der Waals surface area (Å²) in [6, 6.07) is 4.18. The van der Waals surface area contributed by atoms with Crippen LogP contribution >= 0.6 is 0 Å². The number of nitrogens with zero attached hydrogens (tertiary/aromatic N) is 6. The molecular formula is C20H23N7O2. The monoisotopic (exact) mass is 393 g/mol. The average molecular weight is 393 g/mol. The molecule has 0 atom stereocenters. The maximum absolute atomic E-state index is 6.01. The van der Waals surface area contributed by atoms with Crippen LogP contribution in [0.15, 0.2) is 47.5 Å². The Hall–Kier alpha value is -3.75. The van der Waals surface area contributed by atoms with E-state index in [0.717, 1.165) is 16.8 Å². The molecule has 0 saturated carbocycles. The first-order chi connectivity index (χ1) is 14.0. The minimum absolute atomic E-state index is 0.224. The number of rotatable bonds is 7. The van der Waals surface area contributed by atoms with Crippen molar-refractivity contribution in [3.8, 4) is 34.3 Å². The molecule has 3 aromatic heterocycles. The van der Waals surface area contributed by atoms with E-state index >= 15 is 0 Å². The molecule has 0 saturated heterocycles. The molecule has 29 heavy (non-hydrogen) atoms. The van der Waals surface area contributed by atoms with Crippen LogP contribution in [0.2, 0.25) is 0 Å². The van der Waals surface area contributed by atoms with Crippen molar-refractivity contribution in [2.75, 3.05) is 21.3 Å². The lowest BCUT2D eigenvalue weighted by Gasteiger charge is -2.09. The lowest BCUT2D eigenvalue weighted by atomic mass is 10.1. The normalized spacial score (nSPS) is 11.8. The third kappa shape index (κ3) is 4.57. The molecule has 0 aliphatic rings. The molecule has 0 bridgehead atoms. The smallest absolute Gasteiger partial charge is 0.319 e. The zero-order chi connectivity index (χ0) is 20.8. The number of aromatic nitrogens is 5. The van der Waals surface area contributed by atoms with Crippen molar-refractivity contribution >= 4 is 6.21 Å². The molecule has 3 rings (SSSR count). The summed E-state index contributed by atoms with van der Waals surface area (Å²) in [4.78, 5) is 12.3. The van der Waals surface area contributed by atoms with Crippen molar-refractivity contribution in [2.45, 2.75) is 13.5 Å². The summed E-state index contributed by atoms with van der Waals surface area (Å²) in [6.07, 6.45) is 9.05. The summed E-state index contributed by atoms with van der Waals surface area (Å²) in [6.45, 7) is 2.48. The van der Waals surface area contributed by atoms with Crippen LogP contribution in [0.25, 0.3) is 22.4 Å². The Bertz CT molecular complexity index is 1060. The largest absolute Gasteiger partial charge is 0.480 e. The fourth-order valence-corrected chi connectivity index (χ4v) is 2.79. The molecular weight excluding hydrogens is 370 g/mol. The first kappa shape index (κ1) is 20.0. The lowest BCUT2D eigenvalue weighted by molar-refractivity contribution is 0.353. The van der Waals surface area contributed by atoms with Gasteiger partial charge in [-0.15, -0.1) is 5.10 Å². The number of hydrogen-bond acceptors (Lipinski definition) is 8. The highest BCUT2D eigenvalue weighted by Crippen LogP contribution is 2.31. The van der Waals surface area contributed by atoms with E-state index in [1.165, 1.54) is 14.2 Å². The fraction of sp³-hybridized carbons (Fsp3) is 0.250. The van der Waals surface area contributed by atoms with E-state index in [1.54, 1.807) is 25.5 Å². The van der Waals surface area contributed by atoms with E-state index in [9.17, 15) is 0 Å². The third-order valence-corrected chi connectivity index (χ3v) is 4.23. The molecule has 9 heteroatoms. The van der Waals surface area contributed by atoms with E-state index in [0.29, 0.717) is 29.4 Å². The van der Waals surface area contributed by atoms with Gasteiger partial charge in [0.2, 0.25) is 5.88 Å². The van der Waals surface area contributed by atoms with Crippen LogP contribution in [-0.2, 0) is 6.54 Å². The van der Waals surface area contributed by atoms with Crippen molar-refractivity contribution in [1.82, 2.24) is 24.7 Å². The quantitative estimate of drug-likeness (QED) is 0.613. The van der Waals surface area contributed by atoms with Gasteiger partial charge < -0.3 is 19.8 Å². The van der Waals surface area contributed by atoms with Gasteiger partial charge in [-0.3, -0.25) is 4.99 Å². The molecule has 3 heterocycles. The molecule has 0 aliphatic carbocycles. The van der Waals surface area contributed by atoms with Crippen molar-refractivity contribution in [3.05, 3.63) is 48.2 Å². The van der Waals surface area contributed by atoms with Crippen molar-refractivity contribution in [1.29, 1.82) is 0 Å². The van der Waals surface area contributed by atoms with Gasteiger partial charge in [0.05, 0.1) is 32.0 Å². The van der Waals surface area contributed by atoms with Gasteiger partial charge in [-0.1, -0.05) is 0 Å². The summed E-state index contributed by atoms with van der Waals surface area (Å²) in [5.74, 6) is 0.369. The van der Waals surface area contributed by atoms with Crippen LogP contribution in [0.4, 0.5) is 0 Å². The number of aliphatic imine (C=N–C) groups is 1. The van der Waals surface area contributed by atoms with Crippen LogP contribution in [0.3, 0.4) is 0 Å². The maximum Gasteiger partial charge on any atom is 0.319 e. The highest BCUT2D eigenvalue weighted by molar-refractivity contribution is 5.73. The van der Waals surface area contributed by atoms with Crippen LogP contribution in [0, 0.1) is 6.92 Å². The Morgan fingerprint density at radius 2 is 2.07 bits per heavy atom. The number of hydrogen-bond donors (Lipinski definition) is 1. The van der Waals surface area contributed by atoms with E-state index in [-0.39, 0.29) is 6.01 Å². The third-order valence-electron chi connectivity index (χ3n) is 4.23. The number of aryl methyl sites for hydroxylation is 1. The lowest BCUT2D eigenvalue weighted by Crippen LogP contribution is -2.06. The standard InChI is InChI=1S/C20H23N7O2/c1-13-16(14-6-8-27(11-14)12-15(21)5-7-22-2)9-18(26-25-13)17-10-23-20(29-4)24-19(17)28-3/h5-11H,12,21H2,1-4H3. The van der Waals surface area contributed by atoms with Crippen molar-refractivity contribution < 1.29 is 9.47 Å². The second kappa shape index (κ2) is 8.96. The van der Waals surface area contributed by atoms with Gasteiger partial charge in [0.1, 0.15) is 5.69 Å². The van der Waals surface area contributed by atoms with Crippen LogP contribution in [0.1, 0.15) is 5.69 Å². The second-order valence-corrected chi connectivity index (χ2v) is 6.23. The minimum atomic E-state index is 0.224. The van der Waals surface area contributed by atoms with Crippen molar-refractivity contribution in [2.24, 2.45) is 10.7 Å². The molecule has 0 fully saturated rings. The summed E-state index contributed by atoms with van der Waals surface area (Å²) >= 11 is 0. The Morgan fingerprint density at radius 1 is 1.24 bits per heavy atom. The maximum atomic E-state index is 6.01. The van der Waals surface area contributed by atoms with Crippen LogP contribution in [-0.4, -0.2) is 52.2 Å². The summed E-state index contributed by atoms with van der Waals surface area (Å²) in [5.41, 5.74) is 10.7. The number of allylic oxidation sites excluding steroid dienone is 2. The molecule has 2 N–H and O–H groups in total. The van der Waals surface area contributed by atoms with E-state index in [4.69, 9.17) is 15.2 Å². The highest BCUT2D eigenvalue weighted by Gasteiger charge is 2.15. The van der Waals surface area contributed by atoms with Gasteiger partial charge in [0.25, 0.3) is 0 Å². The van der Waals surface area contributed by atoms with E-state index in [1.807, 2.05) is 36.0 Å². The molecule has 9 nitrogen and oxygen atoms in total.